The van der Waals surface area contributed by atoms with Gasteiger partial charge in [0.15, 0.2) is 5.76 Å². The molecule has 0 aromatic carbocycles. The summed E-state index contributed by atoms with van der Waals surface area (Å²) in [5.74, 6) is 0.618. The highest BCUT2D eigenvalue weighted by atomic mass is 16.7. The van der Waals surface area contributed by atoms with Gasteiger partial charge in [0.25, 0.3) is 0 Å². The van der Waals surface area contributed by atoms with Crippen LogP contribution in [0.4, 0.5) is 0 Å². The fourth-order valence-corrected chi connectivity index (χ4v) is 1.61. The van der Waals surface area contributed by atoms with E-state index in [2.05, 4.69) is 0 Å². The summed E-state index contributed by atoms with van der Waals surface area (Å²) in [6, 6.07) is 3.65. The van der Waals surface area contributed by atoms with Crippen molar-refractivity contribution in [3.63, 3.8) is 0 Å². The molecule has 2 rings (SSSR count). The zero-order valence-electron chi connectivity index (χ0n) is 9.01. The number of ether oxygens (including phenoxy) is 2. The Hall–Kier alpha value is -1.33. The van der Waals surface area contributed by atoms with Gasteiger partial charge in [-0.3, -0.25) is 4.79 Å². The van der Waals surface area contributed by atoms with Crippen molar-refractivity contribution in [1.29, 1.82) is 0 Å². The Morgan fingerprint density at radius 1 is 1.56 bits per heavy atom. The van der Waals surface area contributed by atoms with E-state index in [1.54, 1.807) is 6.07 Å². The Balaban J connectivity index is 1.86. The second kappa shape index (κ2) is 4.67. The van der Waals surface area contributed by atoms with Crippen molar-refractivity contribution in [3.8, 4) is 0 Å². The summed E-state index contributed by atoms with van der Waals surface area (Å²) in [4.78, 5) is 10.4. The van der Waals surface area contributed by atoms with Gasteiger partial charge in [-0.25, -0.2) is 0 Å². The Bertz CT molecular complexity index is 370. The van der Waals surface area contributed by atoms with Crippen LogP contribution in [0.5, 0.6) is 0 Å². The smallest absolute Gasteiger partial charge is 0.303 e. The first-order valence-electron chi connectivity index (χ1n) is 5.20. The van der Waals surface area contributed by atoms with Gasteiger partial charge >= 0.3 is 5.97 Å². The topological polar surface area (TPSA) is 68.9 Å². The second-order valence-corrected chi connectivity index (χ2v) is 3.80. The molecule has 1 aliphatic rings. The number of carboxylic acid groups (broad SMARTS) is 1. The van der Waals surface area contributed by atoms with Crippen LogP contribution in [0.15, 0.2) is 16.5 Å². The van der Waals surface area contributed by atoms with Gasteiger partial charge in [-0.1, -0.05) is 0 Å². The molecule has 1 aliphatic heterocycles. The summed E-state index contributed by atoms with van der Waals surface area (Å²) in [5, 5.41) is 8.55. The van der Waals surface area contributed by atoms with Gasteiger partial charge < -0.3 is 19.0 Å². The highest BCUT2D eigenvalue weighted by Gasteiger charge is 2.29. The molecule has 5 heteroatoms. The van der Waals surface area contributed by atoms with Crippen LogP contribution in [-0.2, 0) is 14.3 Å². The Morgan fingerprint density at radius 2 is 2.38 bits per heavy atom. The molecule has 16 heavy (non-hydrogen) atoms. The molecule has 2 atom stereocenters. The predicted molar refractivity (Wildman–Crippen MR) is 53.9 cm³/mol. The summed E-state index contributed by atoms with van der Waals surface area (Å²) < 4.78 is 16.3. The number of hydrogen-bond acceptors (Lipinski definition) is 4. The van der Waals surface area contributed by atoms with Crippen LogP contribution in [0.3, 0.4) is 0 Å². The SMILES string of the molecule is Cc1ccc(C2OCC(CCC(=O)O)O2)o1. The van der Waals surface area contributed by atoms with Crippen molar-refractivity contribution in [3.05, 3.63) is 23.7 Å². The van der Waals surface area contributed by atoms with E-state index in [0.717, 1.165) is 5.76 Å². The summed E-state index contributed by atoms with van der Waals surface area (Å²) in [5.41, 5.74) is 0. The number of furan rings is 1. The molecule has 0 bridgehead atoms. The number of hydrogen-bond donors (Lipinski definition) is 1. The van der Waals surface area contributed by atoms with Gasteiger partial charge in [0.05, 0.1) is 12.7 Å². The molecule has 0 aliphatic carbocycles. The van der Waals surface area contributed by atoms with Gasteiger partial charge in [0.1, 0.15) is 5.76 Å². The van der Waals surface area contributed by atoms with E-state index in [9.17, 15) is 4.79 Å². The third-order valence-corrected chi connectivity index (χ3v) is 2.42. The first kappa shape index (κ1) is 11.2. The lowest BCUT2D eigenvalue weighted by Crippen LogP contribution is -2.11. The van der Waals surface area contributed by atoms with E-state index in [1.165, 1.54) is 0 Å². The van der Waals surface area contributed by atoms with Gasteiger partial charge in [0.2, 0.25) is 6.29 Å². The summed E-state index contributed by atoms with van der Waals surface area (Å²) in [6.07, 6.45) is -0.0947. The first-order chi connectivity index (χ1) is 7.65. The molecule has 5 nitrogen and oxygen atoms in total. The lowest BCUT2D eigenvalue weighted by molar-refractivity contribution is -0.138. The molecule has 0 amide bonds. The molecule has 1 N–H and O–H groups in total. The summed E-state index contributed by atoms with van der Waals surface area (Å²) in [6.45, 7) is 2.26. The van der Waals surface area contributed by atoms with Crippen molar-refractivity contribution in [1.82, 2.24) is 0 Å². The largest absolute Gasteiger partial charge is 0.481 e. The third-order valence-electron chi connectivity index (χ3n) is 2.42. The quantitative estimate of drug-likeness (QED) is 0.848. The lowest BCUT2D eigenvalue weighted by Gasteiger charge is -2.08. The Labute approximate surface area is 93.0 Å². The molecule has 2 unspecified atom stereocenters. The van der Waals surface area contributed by atoms with E-state index in [-0.39, 0.29) is 12.5 Å². The van der Waals surface area contributed by atoms with E-state index < -0.39 is 12.3 Å². The average molecular weight is 226 g/mol. The fraction of sp³-hybridized carbons (Fsp3) is 0.545. The van der Waals surface area contributed by atoms with Crippen LogP contribution in [0, 0.1) is 6.92 Å². The van der Waals surface area contributed by atoms with Crippen LogP contribution in [0.25, 0.3) is 0 Å². The minimum Gasteiger partial charge on any atom is -0.481 e. The third kappa shape index (κ3) is 2.62. The number of aryl methyl sites for hydroxylation is 1. The van der Waals surface area contributed by atoms with Gasteiger partial charge in [-0.05, 0) is 25.5 Å². The van der Waals surface area contributed by atoms with Crippen LogP contribution < -0.4 is 0 Å². The molecule has 2 heterocycles. The monoisotopic (exact) mass is 226 g/mol. The minimum absolute atomic E-state index is 0.0952. The van der Waals surface area contributed by atoms with Gasteiger partial charge in [-0.2, -0.15) is 0 Å². The van der Waals surface area contributed by atoms with Crippen LogP contribution in [-0.4, -0.2) is 23.8 Å². The molecule has 0 radical (unpaired) electrons. The molecule has 1 aromatic heterocycles. The van der Waals surface area contributed by atoms with E-state index in [1.807, 2.05) is 13.0 Å². The zero-order valence-corrected chi connectivity index (χ0v) is 9.01. The van der Waals surface area contributed by atoms with Crippen molar-refractivity contribution >= 4 is 5.97 Å². The summed E-state index contributed by atoms with van der Waals surface area (Å²) in [7, 11) is 0. The summed E-state index contributed by atoms with van der Waals surface area (Å²) >= 11 is 0. The molecule has 1 aromatic rings. The van der Waals surface area contributed by atoms with Crippen LogP contribution in [0.1, 0.15) is 30.7 Å². The molecular weight excluding hydrogens is 212 g/mol. The van der Waals surface area contributed by atoms with Crippen molar-refractivity contribution in [2.24, 2.45) is 0 Å². The second-order valence-electron chi connectivity index (χ2n) is 3.80. The first-order valence-corrected chi connectivity index (χ1v) is 5.20. The van der Waals surface area contributed by atoms with Crippen LogP contribution >= 0.6 is 0 Å². The number of carbonyl (C=O) groups is 1. The normalized spacial score (nSPS) is 24.8. The highest BCUT2D eigenvalue weighted by molar-refractivity contribution is 5.66. The highest BCUT2D eigenvalue weighted by Crippen LogP contribution is 2.29. The predicted octanol–water partition coefficient (Wildman–Crippen LogP) is 1.87. The van der Waals surface area contributed by atoms with Crippen molar-refractivity contribution < 1.29 is 23.8 Å². The molecule has 0 spiro atoms. The Morgan fingerprint density at radius 3 is 3.00 bits per heavy atom. The van der Waals surface area contributed by atoms with E-state index >= 15 is 0 Å². The van der Waals surface area contributed by atoms with Gasteiger partial charge in [0, 0.05) is 6.42 Å². The zero-order chi connectivity index (χ0) is 11.5. The standard InChI is InChI=1S/C11H14O5/c1-7-2-4-9(15-7)11-14-6-8(16-11)3-5-10(12)13/h2,4,8,11H,3,5-6H2,1H3,(H,12,13). The van der Waals surface area contributed by atoms with Crippen molar-refractivity contribution in [2.45, 2.75) is 32.2 Å². The van der Waals surface area contributed by atoms with E-state index in [0.29, 0.717) is 18.8 Å². The van der Waals surface area contributed by atoms with Gasteiger partial charge in [-0.15, -0.1) is 0 Å². The maximum absolute atomic E-state index is 10.4. The number of rotatable bonds is 4. The number of aliphatic carboxylic acids is 1. The van der Waals surface area contributed by atoms with Crippen LogP contribution in [0.2, 0.25) is 0 Å². The molecule has 1 fully saturated rings. The lowest BCUT2D eigenvalue weighted by atomic mass is 10.2. The fourth-order valence-electron chi connectivity index (χ4n) is 1.61. The average Bonchev–Trinajstić information content (AvgIpc) is 2.83. The van der Waals surface area contributed by atoms with E-state index in [4.69, 9.17) is 19.0 Å². The minimum atomic E-state index is -0.819. The maximum Gasteiger partial charge on any atom is 0.303 e. The molecular formula is C11H14O5. The van der Waals surface area contributed by atoms with Crippen molar-refractivity contribution in [2.75, 3.05) is 6.61 Å². The molecule has 0 saturated carbocycles. The maximum atomic E-state index is 10.4. The number of carboxylic acids is 1. The Kier molecular flexibility index (Phi) is 3.26. The molecule has 88 valence electrons. The molecule has 1 saturated heterocycles.